The van der Waals surface area contributed by atoms with Crippen molar-refractivity contribution >= 4 is 50.0 Å². The van der Waals surface area contributed by atoms with Crippen molar-refractivity contribution in [2.45, 2.75) is 19.4 Å². The summed E-state index contributed by atoms with van der Waals surface area (Å²) < 4.78 is 7.89. The molecule has 2 aromatic carbocycles. The molecule has 0 fully saturated rings. The van der Waals surface area contributed by atoms with Crippen molar-refractivity contribution in [1.29, 1.82) is 0 Å². The van der Waals surface area contributed by atoms with Gasteiger partial charge in [-0.15, -0.1) is 11.3 Å². The summed E-state index contributed by atoms with van der Waals surface area (Å²) in [4.78, 5) is 24.1. The standard InChI is InChI=1S/C20H17ClN2O3S/c21-14-5-6-16-17(11-14)26-20(25)23(16)10-8-19(24)22-9-7-13-12-27-18-4-2-1-3-15(13)18/h1-6,11-12H,7-10H2,(H,22,24). The molecule has 27 heavy (non-hydrogen) atoms. The van der Waals surface area contributed by atoms with Gasteiger partial charge in [0.15, 0.2) is 5.58 Å². The largest absolute Gasteiger partial charge is 0.419 e. The first-order chi connectivity index (χ1) is 13.1. The number of nitrogens with zero attached hydrogens (tertiary/aromatic N) is 1. The van der Waals surface area contributed by atoms with Crippen LogP contribution in [0.15, 0.2) is 57.1 Å². The highest BCUT2D eigenvalue weighted by Crippen LogP contribution is 2.25. The molecule has 0 saturated heterocycles. The van der Waals surface area contributed by atoms with Crippen LogP contribution in [0.1, 0.15) is 12.0 Å². The zero-order valence-corrected chi connectivity index (χ0v) is 16.0. The van der Waals surface area contributed by atoms with Crippen molar-refractivity contribution in [2.24, 2.45) is 0 Å². The fourth-order valence-electron chi connectivity index (χ4n) is 3.12. The number of fused-ring (bicyclic) bond motifs is 2. The summed E-state index contributed by atoms with van der Waals surface area (Å²) in [6, 6.07) is 13.3. The molecule has 0 radical (unpaired) electrons. The van der Waals surface area contributed by atoms with Crippen molar-refractivity contribution in [3.05, 3.63) is 69.0 Å². The van der Waals surface area contributed by atoms with Crippen LogP contribution in [0.3, 0.4) is 0 Å². The zero-order valence-electron chi connectivity index (χ0n) is 14.4. The molecule has 2 aromatic heterocycles. The van der Waals surface area contributed by atoms with Crippen molar-refractivity contribution < 1.29 is 9.21 Å². The Morgan fingerprint density at radius 1 is 1.22 bits per heavy atom. The molecular formula is C20H17ClN2O3S. The van der Waals surface area contributed by atoms with E-state index in [1.54, 1.807) is 29.5 Å². The number of halogens is 1. The number of carbonyl (C=O) groups excluding carboxylic acids is 1. The van der Waals surface area contributed by atoms with Gasteiger partial charge in [-0.1, -0.05) is 29.8 Å². The molecule has 0 aliphatic heterocycles. The predicted molar refractivity (Wildman–Crippen MR) is 109 cm³/mol. The molecule has 0 bridgehead atoms. The molecule has 2 heterocycles. The number of thiophene rings is 1. The smallest absolute Gasteiger partial charge is 0.408 e. The van der Waals surface area contributed by atoms with Gasteiger partial charge in [0.05, 0.1) is 5.52 Å². The van der Waals surface area contributed by atoms with E-state index in [0.717, 1.165) is 6.42 Å². The zero-order chi connectivity index (χ0) is 18.8. The van der Waals surface area contributed by atoms with E-state index in [-0.39, 0.29) is 18.9 Å². The fourth-order valence-corrected chi connectivity index (χ4v) is 4.28. The van der Waals surface area contributed by atoms with E-state index in [0.29, 0.717) is 22.7 Å². The number of hydrogen-bond acceptors (Lipinski definition) is 4. The number of nitrogens with one attached hydrogen (secondary N) is 1. The second-order valence-corrected chi connectivity index (χ2v) is 7.59. The summed E-state index contributed by atoms with van der Waals surface area (Å²) in [5, 5.41) is 6.81. The summed E-state index contributed by atoms with van der Waals surface area (Å²) >= 11 is 7.62. The van der Waals surface area contributed by atoms with Crippen molar-refractivity contribution in [3.8, 4) is 0 Å². The first-order valence-corrected chi connectivity index (χ1v) is 9.88. The lowest BCUT2D eigenvalue weighted by Crippen LogP contribution is -2.27. The molecule has 1 amide bonds. The Morgan fingerprint density at radius 3 is 2.96 bits per heavy atom. The van der Waals surface area contributed by atoms with Gasteiger partial charge in [0.1, 0.15) is 0 Å². The molecule has 0 atom stereocenters. The van der Waals surface area contributed by atoms with Crippen LogP contribution in [-0.4, -0.2) is 17.0 Å². The monoisotopic (exact) mass is 400 g/mol. The summed E-state index contributed by atoms with van der Waals surface area (Å²) in [7, 11) is 0. The Balaban J connectivity index is 1.34. The maximum absolute atomic E-state index is 12.2. The van der Waals surface area contributed by atoms with Gasteiger partial charge in [0, 0.05) is 35.3 Å². The molecule has 0 spiro atoms. The van der Waals surface area contributed by atoms with Crippen LogP contribution in [0.5, 0.6) is 0 Å². The SMILES string of the molecule is O=C(CCn1c(=O)oc2cc(Cl)ccc21)NCCc1csc2ccccc12. The number of carbonyl (C=O) groups is 1. The number of benzene rings is 2. The van der Waals surface area contributed by atoms with Crippen LogP contribution in [0.4, 0.5) is 0 Å². The molecule has 4 aromatic rings. The highest BCUT2D eigenvalue weighted by molar-refractivity contribution is 7.17. The van der Waals surface area contributed by atoms with Crippen LogP contribution in [0.2, 0.25) is 5.02 Å². The van der Waals surface area contributed by atoms with Crippen LogP contribution >= 0.6 is 22.9 Å². The molecule has 138 valence electrons. The molecular weight excluding hydrogens is 384 g/mol. The van der Waals surface area contributed by atoms with Crippen LogP contribution < -0.4 is 11.1 Å². The van der Waals surface area contributed by atoms with Gasteiger partial charge < -0.3 is 9.73 Å². The average molecular weight is 401 g/mol. The van der Waals surface area contributed by atoms with E-state index in [4.69, 9.17) is 16.0 Å². The number of hydrogen-bond donors (Lipinski definition) is 1. The first kappa shape index (κ1) is 17.8. The van der Waals surface area contributed by atoms with Crippen LogP contribution in [-0.2, 0) is 17.8 Å². The second kappa shape index (κ2) is 7.58. The lowest BCUT2D eigenvalue weighted by molar-refractivity contribution is -0.121. The maximum Gasteiger partial charge on any atom is 0.419 e. The highest BCUT2D eigenvalue weighted by Gasteiger charge is 2.11. The predicted octanol–water partition coefficient (Wildman–Crippen LogP) is 4.21. The molecule has 4 rings (SSSR count). The quantitative estimate of drug-likeness (QED) is 0.527. The first-order valence-electron chi connectivity index (χ1n) is 8.62. The molecule has 7 heteroatoms. The van der Waals surface area contributed by atoms with E-state index in [2.05, 4.69) is 22.8 Å². The van der Waals surface area contributed by atoms with E-state index in [9.17, 15) is 9.59 Å². The normalized spacial score (nSPS) is 11.3. The van der Waals surface area contributed by atoms with E-state index in [1.807, 2.05) is 12.1 Å². The maximum atomic E-state index is 12.2. The van der Waals surface area contributed by atoms with E-state index >= 15 is 0 Å². The lowest BCUT2D eigenvalue weighted by atomic mass is 10.1. The summed E-state index contributed by atoms with van der Waals surface area (Å²) in [5.74, 6) is -0.574. The summed E-state index contributed by atoms with van der Waals surface area (Å²) in [6.07, 6.45) is 0.990. The minimum absolute atomic E-state index is 0.0928. The van der Waals surface area contributed by atoms with Crippen molar-refractivity contribution in [3.63, 3.8) is 0 Å². The Bertz CT molecular complexity index is 1170. The molecule has 5 nitrogen and oxygen atoms in total. The molecule has 0 unspecified atom stereocenters. The number of aryl methyl sites for hydroxylation is 1. The third kappa shape index (κ3) is 3.77. The number of amides is 1. The lowest BCUT2D eigenvalue weighted by Gasteiger charge is -2.06. The molecule has 1 N–H and O–H groups in total. The average Bonchev–Trinajstić information content (AvgIpc) is 3.20. The third-order valence-corrected chi connectivity index (χ3v) is 5.72. The Hall–Kier alpha value is -2.57. The highest BCUT2D eigenvalue weighted by atomic mass is 35.5. The topological polar surface area (TPSA) is 64.2 Å². The Labute approximate surface area is 164 Å². The van der Waals surface area contributed by atoms with Crippen molar-refractivity contribution in [1.82, 2.24) is 9.88 Å². The van der Waals surface area contributed by atoms with Gasteiger partial charge in [0.25, 0.3) is 0 Å². The molecule has 0 aliphatic carbocycles. The Morgan fingerprint density at radius 2 is 2.07 bits per heavy atom. The van der Waals surface area contributed by atoms with Gasteiger partial charge in [-0.25, -0.2) is 4.79 Å². The van der Waals surface area contributed by atoms with Crippen molar-refractivity contribution in [2.75, 3.05) is 6.54 Å². The second-order valence-electron chi connectivity index (χ2n) is 6.24. The summed E-state index contributed by atoms with van der Waals surface area (Å²) in [6.45, 7) is 0.830. The van der Waals surface area contributed by atoms with Gasteiger partial charge in [-0.3, -0.25) is 9.36 Å². The number of rotatable bonds is 6. The minimum Gasteiger partial charge on any atom is -0.408 e. The number of aromatic nitrogens is 1. The van der Waals surface area contributed by atoms with Gasteiger partial charge in [0.2, 0.25) is 5.91 Å². The van der Waals surface area contributed by atoms with Gasteiger partial charge in [-0.05, 0) is 40.9 Å². The molecule has 0 saturated carbocycles. The van der Waals surface area contributed by atoms with E-state index < -0.39 is 5.76 Å². The van der Waals surface area contributed by atoms with Gasteiger partial charge >= 0.3 is 5.76 Å². The van der Waals surface area contributed by atoms with Crippen LogP contribution in [0, 0.1) is 0 Å². The van der Waals surface area contributed by atoms with E-state index in [1.165, 1.54) is 20.2 Å². The van der Waals surface area contributed by atoms with Crippen LogP contribution in [0.25, 0.3) is 21.2 Å². The number of oxazole rings is 1. The third-order valence-electron chi connectivity index (χ3n) is 4.47. The minimum atomic E-state index is -0.482. The van der Waals surface area contributed by atoms with Gasteiger partial charge in [-0.2, -0.15) is 0 Å². The fraction of sp³-hybridized carbons (Fsp3) is 0.200. The molecule has 0 aliphatic rings. The Kier molecular flexibility index (Phi) is 5.01. The summed E-state index contributed by atoms with van der Waals surface area (Å²) in [5.41, 5.74) is 2.31.